The number of hydrogen-bond acceptors (Lipinski definition) is 4. The van der Waals surface area contributed by atoms with Crippen molar-refractivity contribution in [1.82, 2.24) is 9.97 Å². The van der Waals surface area contributed by atoms with Crippen LogP contribution in [0.3, 0.4) is 0 Å². The molecule has 0 radical (unpaired) electrons. The molecule has 5 heteroatoms. The summed E-state index contributed by atoms with van der Waals surface area (Å²) in [7, 11) is 0. The lowest BCUT2D eigenvalue weighted by molar-refractivity contribution is 0.675. The third-order valence-electron chi connectivity index (χ3n) is 4.24. The first kappa shape index (κ1) is 14.2. The maximum absolute atomic E-state index is 4.62. The summed E-state index contributed by atoms with van der Waals surface area (Å²) in [6, 6.07) is 10.5. The summed E-state index contributed by atoms with van der Waals surface area (Å²) in [5.74, 6) is 1.80. The van der Waals surface area contributed by atoms with Crippen LogP contribution in [0.25, 0.3) is 21.3 Å². The number of fused-ring (bicyclic) bond motifs is 1. The van der Waals surface area contributed by atoms with Crippen LogP contribution in [-0.2, 0) is 0 Å². The van der Waals surface area contributed by atoms with E-state index in [1.807, 2.05) is 0 Å². The third kappa shape index (κ3) is 2.42. The van der Waals surface area contributed by atoms with Crippen molar-refractivity contribution < 1.29 is 0 Å². The second kappa shape index (κ2) is 5.97. The number of thiophene rings is 1. The van der Waals surface area contributed by atoms with E-state index in [1.165, 1.54) is 22.9 Å². The van der Waals surface area contributed by atoms with Crippen LogP contribution in [0.4, 0.5) is 5.82 Å². The van der Waals surface area contributed by atoms with E-state index in [2.05, 4.69) is 66.5 Å². The molecule has 2 aromatic heterocycles. The van der Waals surface area contributed by atoms with Gasteiger partial charge in [0.25, 0.3) is 0 Å². The molecule has 0 saturated carbocycles. The van der Waals surface area contributed by atoms with E-state index in [4.69, 9.17) is 0 Å². The molecule has 0 N–H and O–H groups in total. The van der Waals surface area contributed by atoms with Gasteiger partial charge in [0, 0.05) is 29.4 Å². The normalized spacial score (nSPS) is 18.2. The van der Waals surface area contributed by atoms with Gasteiger partial charge in [-0.1, -0.05) is 46.3 Å². The average Bonchev–Trinajstić information content (AvgIpc) is 3.22. The molecule has 4 rings (SSSR count). The van der Waals surface area contributed by atoms with Crippen molar-refractivity contribution in [2.24, 2.45) is 5.92 Å². The fourth-order valence-electron chi connectivity index (χ4n) is 3.08. The predicted molar refractivity (Wildman–Crippen MR) is 97.0 cm³/mol. The number of nitrogens with zero attached hydrogens (tertiary/aromatic N) is 3. The molecule has 0 bridgehead atoms. The summed E-state index contributed by atoms with van der Waals surface area (Å²) in [6.45, 7) is 2.15. The summed E-state index contributed by atoms with van der Waals surface area (Å²) < 4.78 is 0. The number of hydrogen-bond donors (Lipinski definition) is 0. The van der Waals surface area contributed by atoms with Gasteiger partial charge in [-0.3, -0.25) is 0 Å². The van der Waals surface area contributed by atoms with Gasteiger partial charge >= 0.3 is 0 Å². The summed E-state index contributed by atoms with van der Waals surface area (Å²) in [5.41, 5.74) is 2.49. The maximum Gasteiger partial charge on any atom is 0.141 e. The van der Waals surface area contributed by atoms with Gasteiger partial charge < -0.3 is 4.90 Å². The number of halogens is 1. The molecule has 1 aromatic carbocycles. The molecule has 112 valence electrons. The highest BCUT2D eigenvalue weighted by atomic mass is 79.9. The SMILES string of the molecule is BrCC1CCN(c2ncnc3scc(-c4ccccc4)c23)C1. The molecule has 1 aliphatic rings. The first-order valence-electron chi connectivity index (χ1n) is 7.45. The number of benzene rings is 1. The molecule has 3 heterocycles. The van der Waals surface area contributed by atoms with Gasteiger partial charge in [-0.25, -0.2) is 9.97 Å². The smallest absolute Gasteiger partial charge is 0.141 e. The van der Waals surface area contributed by atoms with Gasteiger partial charge in [0.15, 0.2) is 0 Å². The van der Waals surface area contributed by atoms with Gasteiger partial charge in [-0.15, -0.1) is 11.3 Å². The Hall–Kier alpha value is -1.46. The first-order valence-corrected chi connectivity index (χ1v) is 9.45. The number of anilines is 1. The molecule has 0 aliphatic carbocycles. The second-order valence-corrected chi connectivity index (χ2v) is 7.15. The van der Waals surface area contributed by atoms with Gasteiger partial charge in [0.1, 0.15) is 17.0 Å². The van der Waals surface area contributed by atoms with Crippen LogP contribution in [-0.4, -0.2) is 28.4 Å². The van der Waals surface area contributed by atoms with E-state index >= 15 is 0 Å². The van der Waals surface area contributed by atoms with Crippen LogP contribution >= 0.6 is 27.3 Å². The Balaban J connectivity index is 1.84. The zero-order valence-electron chi connectivity index (χ0n) is 12.1. The maximum atomic E-state index is 4.62. The summed E-state index contributed by atoms with van der Waals surface area (Å²) in [5, 5.41) is 4.47. The van der Waals surface area contributed by atoms with Crippen molar-refractivity contribution >= 4 is 43.3 Å². The van der Waals surface area contributed by atoms with Crippen molar-refractivity contribution in [1.29, 1.82) is 0 Å². The van der Waals surface area contributed by atoms with Gasteiger partial charge in [0.05, 0.1) is 5.39 Å². The topological polar surface area (TPSA) is 29.0 Å². The Morgan fingerprint density at radius 2 is 2.09 bits per heavy atom. The molecule has 0 spiro atoms. The Bertz CT molecular complexity index is 787. The quantitative estimate of drug-likeness (QED) is 0.629. The van der Waals surface area contributed by atoms with E-state index in [0.29, 0.717) is 5.92 Å². The standard InChI is InChI=1S/C17H16BrN3S/c18-8-12-6-7-21(9-12)16-15-14(13-4-2-1-3-5-13)10-22-17(15)20-11-19-16/h1-5,10-12H,6-9H2. The minimum absolute atomic E-state index is 0.712. The number of alkyl halides is 1. The Kier molecular flexibility index (Phi) is 3.84. The third-order valence-corrected chi connectivity index (χ3v) is 6.04. The molecule has 3 nitrogen and oxygen atoms in total. The van der Waals surface area contributed by atoms with Crippen LogP contribution in [0.15, 0.2) is 42.0 Å². The van der Waals surface area contributed by atoms with Crippen molar-refractivity contribution in [2.75, 3.05) is 23.3 Å². The van der Waals surface area contributed by atoms with E-state index in [-0.39, 0.29) is 0 Å². The van der Waals surface area contributed by atoms with Crippen molar-refractivity contribution in [3.63, 3.8) is 0 Å². The van der Waals surface area contributed by atoms with Crippen LogP contribution in [0.2, 0.25) is 0 Å². The average molecular weight is 374 g/mol. The van der Waals surface area contributed by atoms with Crippen LogP contribution < -0.4 is 4.90 Å². The molecule has 3 aromatic rings. The second-order valence-electron chi connectivity index (χ2n) is 5.65. The monoisotopic (exact) mass is 373 g/mol. The Labute approximate surface area is 142 Å². The predicted octanol–water partition coefficient (Wildman–Crippen LogP) is 4.58. The lowest BCUT2D eigenvalue weighted by atomic mass is 10.1. The molecule has 1 saturated heterocycles. The minimum Gasteiger partial charge on any atom is -0.356 e. The lowest BCUT2D eigenvalue weighted by Crippen LogP contribution is -2.21. The zero-order valence-corrected chi connectivity index (χ0v) is 14.5. The summed E-state index contributed by atoms with van der Waals surface area (Å²) >= 11 is 5.31. The Morgan fingerprint density at radius 3 is 2.86 bits per heavy atom. The zero-order chi connectivity index (χ0) is 14.9. The number of aromatic nitrogens is 2. The number of rotatable bonds is 3. The van der Waals surface area contributed by atoms with Crippen molar-refractivity contribution in [3.05, 3.63) is 42.0 Å². The fraction of sp³-hybridized carbons (Fsp3) is 0.294. The van der Waals surface area contributed by atoms with Crippen molar-refractivity contribution in [2.45, 2.75) is 6.42 Å². The van der Waals surface area contributed by atoms with E-state index in [1.54, 1.807) is 17.7 Å². The van der Waals surface area contributed by atoms with E-state index < -0.39 is 0 Å². The van der Waals surface area contributed by atoms with Gasteiger partial charge in [0.2, 0.25) is 0 Å². The molecular weight excluding hydrogens is 358 g/mol. The van der Waals surface area contributed by atoms with Crippen LogP contribution in [0.1, 0.15) is 6.42 Å². The van der Waals surface area contributed by atoms with Crippen molar-refractivity contribution in [3.8, 4) is 11.1 Å². The largest absolute Gasteiger partial charge is 0.356 e. The Morgan fingerprint density at radius 1 is 1.23 bits per heavy atom. The lowest BCUT2D eigenvalue weighted by Gasteiger charge is -2.18. The molecule has 1 unspecified atom stereocenters. The molecule has 1 aliphatic heterocycles. The molecule has 22 heavy (non-hydrogen) atoms. The van der Waals surface area contributed by atoms with Gasteiger partial charge in [-0.2, -0.15) is 0 Å². The molecule has 1 atom stereocenters. The first-order chi connectivity index (χ1) is 10.9. The minimum atomic E-state index is 0.712. The summed E-state index contributed by atoms with van der Waals surface area (Å²) in [6.07, 6.45) is 2.92. The summed E-state index contributed by atoms with van der Waals surface area (Å²) in [4.78, 5) is 12.6. The fourth-order valence-corrected chi connectivity index (χ4v) is 4.52. The van der Waals surface area contributed by atoms with Gasteiger partial charge in [-0.05, 0) is 17.9 Å². The highest BCUT2D eigenvalue weighted by molar-refractivity contribution is 9.09. The molecule has 1 fully saturated rings. The highest BCUT2D eigenvalue weighted by Gasteiger charge is 2.25. The molecular formula is C17H16BrN3S. The van der Waals surface area contributed by atoms with E-state index in [9.17, 15) is 0 Å². The van der Waals surface area contributed by atoms with E-state index in [0.717, 1.165) is 29.1 Å². The molecule has 0 amide bonds. The van der Waals surface area contributed by atoms with Crippen LogP contribution in [0, 0.1) is 5.92 Å². The van der Waals surface area contributed by atoms with Crippen LogP contribution in [0.5, 0.6) is 0 Å². The highest BCUT2D eigenvalue weighted by Crippen LogP contribution is 2.39.